The van der Waals surface area contributed by atoms with E-state index in [-0.39, 0.29) is 0 Å². The van der Waals surface area contributed by atoms with Crippen LogP contribution in [-0.4, -0.2) is 21.2 Å². The zero-order chi connectivity index (χ0) is 14.5. The number of ether oxygens (including phenoxy) is 1. The first-order chi connectivity index (χ1) is 9.60. The van der Waals surface area contributed by atoms with Gasteiger partial charge in [0.1, 0.15) is 5.75 Å². The summed E-state index contributed by atoms with van der Waals surface area (Å²) in [5.41, 5.74) is 3.29. The Balaban J connectivity index is 2.15. The highest BCUT2D eigenvalue weighted by atomic mass is 35.5. The molecular weight excluding hydrogens is 272 g/mol. The molecule has 0 saturated carbocycles. The summed E-state index contributed by atoms with van der Waals surface area (Å²) >= 11 is 6.07. The van der Waals surface area contributed by atoms with Crippen molar-refractivity contribution in [3.05, 3.63) is 53.1 Å². The van der Waals surface area contributed by atoms with Gasteiger partial charge in [0.05, 0.1) is 18.5 Å². The van der Waals surface area contributed by atoms with Crippen molar-refractivity contribution in [1.29, 1.82) is 0 Å². The van der Waals surface area contributed by atoms with Crippen molar-refractivity contribution in [2.75, 3.05) is 31.4 Å². The Morgan fingerprint density at radius 1 is 1.15 bits per heavy atom. The summed E-state index contributed by atoms with van der Waals surface area (Å²) in [6.07, 6.45) is 0. The Hall–Kier alpha value is -1.87. The molecule has 0 radical (unpaired) electrons. The lowest BCUT2D eigenvalue weighted by molar-refractivity contribution is 0.414. The van der Waals surface area contributed by atoms with Gasteiger partial charge in [0.15, 0.2) is 0 Å². The van der Waals surface area contributed by atoms with Gasteiger partial charge in [-0.15, -0.1) is 0 Å². The number of anilines is 2. The normalized spacial score (nSPS) is 10.2. The van der Waals surface area contributed by atoms with Crippen LogP contribution in [0.4, 0.5) is 11.4 Å². The Kier molecular flexibility index (Phi) is 4.74. The fraction of sp³-hybridized carbons (Fsp3) is 0.250. The van der Waals surface area contributed by atoms with E-state index in [9.17, 15) is 0 Å². The van der Waals surface area contributed by atoms with Crippen molar-refractivity contribution in [2.45, 2.75) is 6.54 Å². The van der Waals surface area contributed by atoms with Gasteiger partial charge < -0.3 is 15.0 Å². The van der Waals surface area contributed by atoms with Crippen molar-refractivity contribution in [3.8, 4) is 5.75 Å². The van der Waals surface area contributed by atoms with Gasteiger partial charge in [-0.3, -0.25) is 0 Å². The first kappa shape index (κ1) is 14.5. The lowest BCUT2D eigenvalue weighted by Crippen LogP contribution is -2.12. The number of rotatable bonds is 5. The standard InChI is InChI=1S/C16H19ClN2O/c1-19(2)16-8-7-13(17)10-15(16)18-11-12-5-4-6-14(9-12)20-3/h4-10,18H,11H2,1-3H3. The minimum atomic E-state index is 0.721. The average Bonchev–Trinajstić information content (AvgIpc) is 2.45. The summed E-state index contributed by atoms with van der Waals surface area (Å²) in [6, 6.07) is 13.9. The van der Waals surface area contributed by atoms with Gasteiger partial charge in [-0.05, 0) is 35.9 Å². The van der Waals surface area contributed by atoms with Crippen LogP contribution in [-0.2, 0) is 6.54 Å². The molecule has 2 aromatic rings. The molecule has 0 aliphatic rings. The van der Waals surface area contributed by atoms with Crippen LogP contribution >= 0.6 is 11.6 Å². The number of hydrogen-bond acceptors (Lipinski definition) is 3. The number of nitrogens with zero attached hydrogens (tertiary/aromatic N) is 1. The molecule has 0 spiro atoms. The molecule has 3 nitrogen and oxygen atoms in total. The largest absolute Gasteiger partial charge is 0.497 e. The van der Waals surface area contributed by atoms with E-state index in [0.717, 1.165) is 34.3 Å². The number of nitrogens with one attached hydrogen (secondary N) is 1. The predicted octanol–water partition coefficient (Wildman–Crippen LogP) is 4.03. The minimum absolute atomic E-state index is 0.721. The van der Waals surface area contributed by atoms with Crippen LogP contribution in [0.5, 0.6) is 5.75 Å². The number of hydrogen-bond donors (Lipinski definition) is 1. The fourth-order valence-electron chi connectivity index (χ4n) is 2.02. The molecule has 0 heterocycles. The zero-order valence-corrected chi connectivity index (χ0v) is 12.7. The molecule has 0 aliphatic heterocycles. The zero-order valence-electron chi connectivity index (χ0n) is 12.0. The Morgan fingerprint density at radius 2 is 1.95 bits per heavy atom. The van der Waals surface area contributed by atoms with Gasteiger partial charge in [-0.25, -0.2) is 0 Å². The van der Waals surface area contributed by atoms with E-state index in [2.05, 4.69) is 16.3 Å². The van der Waals surface area contributed by atoms with E-state index in [1.807, 2.05) is 50.5 Å². The molecule has 2 aromatic carbocycles. The van der Waals surface area contributed by atoms with Gasteiger partial charge in [-0.1, -0.05) is 23.7 Å². The van der Waals surface area contributed by atoms with Crippen molar-refractivity contribution in [1.82, 2.24) is 0 Å². The lowest BCUT2D eigenvalue weighted by Gasteiger charge is -2.19. The quantitative estimate of drug-likeness (QED) is 0.900. The molecule has 1 N–H and O–H groups in total. The smallest absolute Gasteiger partial charge is 0.119 e. The Labute approximate surface area is 125 Å². The van der Waals surface area contributed by atoms with Crippen LogP contribution in [0.3, 0.4) is 0 Å². The molecule has 0 fully saturated rings. The van der Waals surface area contributed by atoms with Crippen molar-refractivity contribution in [2.24, 2.45) is 0 Å². The van der Waals surface area contributed by atoms with Crippen LogP contribution in [0.15, 0.2) is 42.5 Å². The highest BCUT2D eigenvalue weighted by molar-refractivity contribution is 6.31. The Bertz CT molecular complexity index is 584. The summed E-state index contributed by atoms with van der Waals surface area (Å²) in [4.78, 5) is 2.06. The molecule has 0 aliphatic carbocycles. The molecule has 0 unspecified atom stereocenters. The monoisotopic (exact) mass is 290 g/mol. The van der Waals surface area contributed by atoms with E-state index < -0.39 is 0 Å². The van der Waals surface area contributed by atoms with E-state index in [4.69, 9.17) is 16.3 Å². The summed E-state index contributed by atoms with van der Waals surface area (Å²) in [5.74, 6) is 0.864. The molecule has 0 amide bonds. The lowest BCUT2D eigenvalue weighted by atomic mass is 10.2. The van der Waals surface area contributed by atoms with E-state index >= 15 is 0 Å². The molecule has 0 saturated heterocycles. The molecule has 2 rings (SSSR count). The van der Waals surface area contributed by atoms with Crippen LogP contribution in [0, 0.1) is 0 Å². The third kappa shape index (κ3) is 3.58. The SMILES string of the molecule is COc1cccc(CNc2cc(Cl)ccc2N(C)C)c1. The number of halogens is 1. The molecule has 0 aromatic heterocycles. The second kappa shape index (κ2) is 6.53. The third-order valence-corrected chi connectivity index (χ3v) is 3.29. The summed E-state index contributed by atoms with van der Waals surface area (Å²) in [5, 5.41) is 4.15. The highest BCUT2D eigenvalue weighted by Crippen LogP contribution is 2.28. The molecule has 20 heavy (non-hydrogen) atoms. The third-order valence-electron chi connectivity index (χ3n) is 3.06. The predicted molar refractivity (Wildman–Crippen MR) is 86.1 cm³/mol. The molecule has 4 heteroatoms. The topological polar surface area (TPSA) is 24.5 Å². The second-order valence-electron chi connectivity index (χ2n) is 4.76. The molecule has 106 valence electrons. The summed E-state index contributed by atoms with van der Waals surface area (Å²) < 4.78 is 5.23. The van der Waals surface area contributed by atoms with Gasteiger partial charge in [0.2, 0.25) is 0 Å². The number of methoxy groups -OCH3 is 1. The first-order valence-corrected chi connectivity index (χ1v) is 6.81. The molecule has 0 atom stereocenters. The first-order valence-electron chi connectivity index (χ1n) is 6.44. The summed E-state index contributed by atoms with van der Waals surface area (Å²) in [6.45, 7) is 0.721. The van der Waals surface area contributed by atoms with Crippen molar-refractivity contribution < 1.29 is 4.74 Å². The van der Waals surface area contributed by atoms with Crippen LogP contribution < -0.4 is 15.0 Å². The molecule has 0 bridgehead atoms. The average molecular weight is 291 g/mol. The highest BCUT2D eigenvalue weighted by Gasteiger charge is 2.05. The maximum atomic E-state index is 6.07. The van der Waals surface area contributed by atoms with Crippen LogP contribution in [0.2, 0.25) is 5.02 Å². The van der Waals surface area contributed by atoms with Crippen molar-refractivity contribution >= 4 is 23.0 Å². The van der Waals surface area contributed by atoms with Gasteiger partial charge in [0.25, 0.3) is 0 Å². The second-order valence-corrected chi connectivity index (χ2v) is 5.20. The summed E-state index contributed by atoms with van der Waals surface area (Å²) in [7, 11) is 5.70. The minimum Gasteiger partial charge on any atom is -0.497 e. The maximum absolute atomic E-state index is 6.07. The van der Waals surface area contributed by atoms with E-state index in [1.54, 1.807) is 7.11 Å². The van der Waals surface area contributed by atoms with Crippen LogP contribution in [0.25, 0.3) is 0 Å². The Morgan fingerprint density at radius 3 is 2.65 bits per heavy atom. The van der Waals surface area contributed by atoms with Gasteiger partial charge in [-0.2, -0.15) is 0 Å². The van der Waals surface area contributed by atoms with Gasteiger partial charge in [0, 0.05) is 25.7 Å². The fourth-order valence-corrected chi connectivity index (χ4v) is 2.19. The maximum Gasteiger partial charge on any atom is 0.119 e. The van der Waals surface area contributed by atoms with Crippen LogP contribution in [0.1, 0.15) is 5.56 Å². The van der Waals surface area contributed by atoms with Crippen molar-refractivity contribution in [3.63, 3.8) is 0 Å². The van der Waals surface area contributed by atoms with E-state index in [0.29, 0.717) is 0 Å². The van der Waals surface area contributed by atoms with E-state index in [1.165, 1.54) is 0 Å². The van der Waals surface area contributed by atoms with Gasteiger partial charge >= 0.3 is 0 Å². The number of benzene rings is 2. The molecular formula is C16H19ClN2O.